The lowest BCUT2D eigenvalue weighted by Gasteiger charge is -2.29. The summed E-state index contributed by atoms with van der Waals surface area (Å²) in [6.07, 6.45) is 0. The first-order valence-electron chi connectivity index (χ1n) is 6.27. The Hall–Kier alpha value is -1.58. The average molecular weight is 249 g/mol. The molecule has 3 nitrogen and oxygen atoms in total. The number of nitrogens with one attached hydrogen (secondary N) is 2. The van der Waals surface area contributed by atoms with Crippen LogP contribution in [0, 0.1) is 17.2 Å². The Morgan fingerprint density at radius 3 is 2.78 bits per heavy atom. The number of anilines is 1. The second kappa shape index (κ2) is 4.59. The van der Waals surface area contributed by atoms with Crippen LogP contribution in [0.5, 0.6) is 0 Å². The van der Waals surface area contributed by atoms with E-state index in [0.29, 0.717) is 11.9 Å². The molecule has 2 N–H and O–H groups in total. The maximum atomic E-state index is 13.1. The van der Waals surface area contributed by atoms with Gasteiger partial charge in [-0.1, -0.05) is 27.7 Å². The van der Waals surface area contributed by atoms with Crippen molar-refractivity contribution in [3.05, 3.63) is 24.0 Å². The van der Waals surface area contributed by atoms with Gasteiger partial charge in [0.05, 0.1) is 11.0 Å². The predicted octanol–water partition coefficient (Wildman–Crippen LogP) is 3.80. The molecule has 0 aliphatic rings. The number of nitrogens with zero attached hydrogens (tertiary/aromatic N) is 1. The van der Waals surface area contributed by atoms with Gasteiger partial charge < -0.3 is 10.3 Å². The molecule has 0 aliphatic heterocycles. The molecule has 1 heterocycles. The Bertz CT molecular complexity index is 543. The van der Waals surface area contributed by atoms with Gasteiger partial charge in [-0.25, -0.2) is 9.37 Å². The van der Waals surface area contributed by atoms with Crippen molar-refractivity contribution in [2.24, 2.45) is 11.3 Å². The third kappa shape index (κ3) is 2.63. The van der Waals surface area contributed by atoms with Crippen LogP contribution < -0.4 is 5.32 Å². The van der Waals surface area contributed by atoms with Gasteiger partial charge in [-0.2, -0.15) is 0 Å². The van der Waals surface area contributed by atoms with Gasteiger partial charge in [0.25, 0.3) is 0 Å². The molecule has 0 amide bonds. The third-order valence-electron chi connectivity index (χ3n) is 3.72. The van der Waals surface area contributed by atoms with E-state index in [-0.39, 0.29) is 11.2 Å². The van der Waals surface area contributed by atoms with Crippen LogP contribution in [-0.4, -0.2) is 16.5 Å². The quantitative estimate of drug-likeness (QED) is 0.865. The highest BCUT2D eigenvalue weighted by atomic mass is 19.1. The van der Waals surface area contributed by atoms with E-state index >= 15 is 0 Å². The fourth-order valence-electron chi connectivity index (χ4n) is 1.58. The van der Waals surface area contributed by atoms with Crippen LogP contribution in [0.4, 0.5) is 10.3 Å². The smallest absolute Gasteiger partial charge is 0.201 e. The summed E-state index contributed by atoms with van der Waals surface area (Å²) in [5, 5.41) is 3.29. The number of halogens is 1. The number of hydrogen-bond donors (Lipinski definition) is 2. The van der Waals surface area contributed by atoms with Gasteiger partial charge in [-0.3, -0.25) is 0 Å². The van der Waals surface area contributed by atoms with Gasteiger partial charge in [0.2, 0.25) is 5.95 Å². The van der Waals surface area contributed by atoms with E-state index in [0.717, 1.165) is 17.6 Å². The molecule has 0 aliphatic carbocycles. The normalized spacial score (nSPS) is 12.3. The summed E-state index contributed by atoms with van der Waals surface area (Å²) in [6, 6.07) is 4.56. The molecule has 0 fully saturated rings. The van der Waals surface area contributed by atoms with Gasteiger partial charge in [-0.15, -0.1) is 0 Å². The number of aromatic amines is 1. The summed E-state index contributed by atoms with van der Waals surface area (Å²) in [5.41, 5.74) is 1.69. The lowest BCUT2D eigenvalue weighted by molar-refractivity contribution is 0.269. The fraction of sp³-hybridized carbons (Fsp3) is 0.500. The van der Waals surface area contributed by atoms with Crippen LogP contribution in [0.2, 0.25) is 0 Å². The Kier molecular flexibility index (Phi) is 3.28. The van der Waals surface area contributed by atoms with E-state index in [1.165, 1.54) is 12.1 Å². The first kappa shape index (κ1) is 12.9. The summed E-state index contributed by atoms with van der Waals surface area (Å²) in [4.78, 5) is 7.47. The van der Waals surface area contributed by atoms with Gasteiger partial charge in [-0.05, 0) is 29.5 Å². The summed E-state index contributed by atoms with van der Waals surface area (Å²) in [6.45, 7) is 9.67. The molecule has 98 valence electrons. The van der Waals surface area contributed by atoms with E-state index in [1.54, 1.807) is 6.07 Å². The first-order chi connectivity index (χ1) is 8.38. The number of H-pyrrole nitrogens is 1. The fourth-order valence-corrected chi connectivity index (χ4v) is 1.58. The van der Waals surface area contributed by atoms with Crippen molar-refractivity contribution in [3.8, 4) is 0 Å². The molecule has 0 spiro atoms. The molecule has 2 rings (SSSR count). The number of benzene rings is 1. The summed E-state index contributed by atoms with van der Waals surface area (Å²) < 4.78 is 13.1. The topological polar surface area (TPSA) is 40.7 Å². The molecule has 0 unspecified atom stereocenters. The van der Waals surface area contributed by atoms with E-state index in [1.807, 2.05) is 0 Å². The van der Waals surface area contributed by atoms with Gasteiger partial charge >= 0.3 is 0 Å². The minimum absolute atomic E-state index is 0.185. The van der Waals surface area contributed by atoms with Crippen LogP contribution >= 0.6 is 0 Å². The molecule has 0 atom stereocenters. The molecular formula is C14H20FN3. The molecule has 0 saturated carbocycles. The molecule has 18 heavy (non-hydrogen) atoms. The molecule has 0 saturated heterocycles. The van der Waals surface area contributed by atoms with Crippen molar-refractivity contribution >= 4 is 17.0 Å². The van der Waals surface area contributed by atoms with Crippen molar-refractivity contribution in [1.29, 1.82) is 0 Å². The average Bonchev–Trinajstić information content (AvgIpc) is 2.68. The SMILES string of the molecule is CC(C)C(C)(C)CNc1nc2ccc(F)cc2[nH]1. The maximum absolute atomic E-state index is 13.1. The second-order valence-corrected chi connectivity index (χ2v) is 5.74. The molecule has 0 radical (unpaired) electrons. The molecule has 1 aromatic carbocycles. The van der Waals surface area contributed by atoms with E-state index < -0.39 is 0 Å². The number of hydrogen-bond acceptors (Lipinski definition) is 2. The van der Waals surface area contributed by atoms with Crippen molar-refractivity contribution in [2.75, 3.05) is 11.9 Å². The van der Waals surface area contributed by atoms with Gasteiger partial charge in [0, 0.05) is 6.54 Å². The van der Waals surface area contributed by atoms with E-state index in [9.17, 15) is 4.39 Å². The highest BCUT2D eigenvalue weighted by Crippen LogP contribution is 2.26. The highest BCUT2D eigenvalue weighted by molar-refractivity contribution is 5.77. The molecule has 0 bridgehead atoms. The Morgan fingerprint density at radius 1 is 1.39 bits per heavy atom. The molecule has 1 aromatic heterocycles. The lowest BCUT2D eigenvalue weighted by atomic mass is 9.81. The van der Waals surface area contributed by atoms with Crippen LogP contribution in [0.1, 0.15) is 27.7 Å². The minimum atomic E-state index is -0.250. The third-order valence-corrected chi connectivity index (χ3v) is 3.72. The maximum Gasteiger partial charge on any atom is 0.201 e. The van der Waals surface area contributed by atoms with Crippen molar-refractivity contribution in [3.63, 3.8) is 0 Å². The minimum Gasteiger partial charge on any atom is -0.355 e. The number of rotatable bonds is 4. The summed E-state index contributed by atoms with van der Waals surface area (Å²) in [7, 11) is 0. The lowest BCUT2D eigenvalue weighted by Crippen LogP contribution is -2.28. The van der Waals surface area contributed by atoms with Crippen LogP contribution in [0.25, 0.3) is 11.0 Å². The molecule has 2 aromatic rings. The predicted molar refractivity (Wildman–Crippen MR) is 73.2 cm³/mol. The standard InChI is InChI=1S/C14H20FN3/c1-9(2)14(3,4)8-16-13-17-11-6-5-10(15)7-12(11)18-13/h5-7,9H,8H2,1-4H3,(H2,16,17,18). The molecule has 4 heteroatoms. The van der Waals surface area contributed by atoms with E-state index in [2.05, 4.69) is 43.0 Å². The Labute approximate surface area is 107 Å². The van der Waals surface area contributed by atoms with Crippen molar-refractivity contribution in [1.82, 2.24) is 9.97 Å². The van der Waals surface area contributed by atoms with Crippen molar-refractivity contribution in [2.45, 2.75) is 27.7 Å². The summed E-state index contributed by atoms with van der Waals surface area (Å²) >= 11 is 0. The zero-order chi connectivity index (χ0) is 13.3. The van der Waals surface area contributed by atoms with Crippen LogP contribution in [0.15, 0.2) is 18.2 Å². The van der Waals surface area contributed by atoms with Gasteiger partial charge in [0.15, 0.2) is 0 Å². The largest absolute Gasteiger partial charge is 0.355 e. The first-order valence-corrected chi connectivity index (χ1v) is 6.27. The number of aromatic nitrogens is 2. The monoisotopic (exact) mass is 249 g/mol. The van der Waals surface area contributed by atoms with Crippen LogP contribution in [-0.2, 0) is 0 Å². The number of imidazole rings is 1. The molecular weight excluding hydrogens is 229 g/mol. The second-order valence-electron chi connectivity index (χ2n) is 5.74. The van der Waals surface area contributed by atoms with Crippen molar-refractivity contribution < 1.29 is 4.39 Å². The Balaban J connectivity index is 2.13. The number of fused-ring (bicyclic) bond motifs is 1. The Morgan fingerprint density at radius 2 is 2.11 bits per heavy atom. The zero-order valence-corrected chi connectivity index (χ0v) is 11.3. The summed E-state index contributed by atoms with van der Waals surface area (Å²) in [5.74, 6) is 1.02. The van der Waals surface area contributed by atoms with E-state index in [4.69, 9.17) is 0 Å². The highest BCUT2D eigenvalue weighted by Gasteiger charge is 2.22. The van der Waals surface area contributed by atoms with Crippen LogP contribution in [0.3, 0.4) is 0 Å². The van der Waals surface area contributed by atoms with Gasteiger partial charge in [0.1, 0.15) is 5.82 Å². The zero-order valence-electron chi connectivity index (χ0n) is 11.3.